The fourth-order valence-electron chi connectivity index (χ4n) is 2.19. The average molecular weight is 253 g/mol. The van der Waals surface area contributed by atoms with E-state index in [1.807, 2.05) is 63.2 Å². The summed E-state index contributed by atoms with van der Waals surface area (Å²) in [7, 11) is 0. The zero-order valence-corrected chi connectivity index (χ0v) is 11.6. The third-order valence-electron chi connectivity index (χ3n) is 3.18. The molecule has 1 atom stereocenters. The molecular formula is C17H19NO. The maximum Gasteiger partial charge on any atom is 0.231 e. The van der Waals surface area contributed by atoms with Crippen molar-refractivity contribution in [1.82, 2.24) is 0 Å². The number of rotatable bonds is 3. The summed E-state index contributed by atoms with van der Waals surface area (Å²) >= 11 is 0. The van der Waals surface area contributed by atoms with Crippen LogP contribution in [0.3, 0.4) is 0 Å². The fourth-order valence-corrected chi connectivity index (χ4v) is 2.19. The van der Waals surface area contributed by atoms with E-state index in [0.717, 1.165) is 22.4 Å². The van der Waals surface area contributed by atoms with Gasteiger partial charge in [0.2, 0.25) is 5.91 Å². The Morgan fingerprint density at radius 1 is 1.00 bits per heavy atom. The summed E-state index contributed by atoms with van der Waals surface area (Å²) in [6.45, 7) is 5.99. The van der Waals surface area contributed by atoms with Crippen molar-refractivity contribution in [2.45, 2.75) is 26.7 Å². The largest absolute Gasteiger partial charge is 0.326 e. The molecule has 2 nitrogen and oxygen atoms in total. The lowest BCUT2D eigenvalue weighted by Crippen LogP contribution is -2.18. The summed E-state index contributed by atoms with van der Waals surface area (Å²) in [5, 5.41) is 2.98. The van der Waals surface area contributed by atoms with E-state index >= 15 is 0 Å². The van der Waals surface area contributed by atoms with Crippen LogP contribution in [0.15, 0.2) is 48.5 Å². The highest BCUT2D eigenvalue weighted by Gasteiger charge is 2.14. The maximum atomic E-state index is 12.2. The summed E-state index contributed by atoms with van der Waals surface area (Å²) < 4.78 is 0. The smallest absolute Gasteiger partial charge is 0.231 e. The van der Waals surface area contributed by atoms with Gasteiger partial charge in [0.05, 0.1) is 5.92 Å². The number of benzene rings is 2. The molecule has 2 aromatic rings. The maximum absolute atomic E-state index is 12.2. The molecule has 98 valence electrons. The van der Waals surface area contributed by atoms with Gasteiger partial charge < -0.3 is 5.32 Å². The average Bonchev–Trinajstić information content (AvgIpc) is 2.37. The predicted octanol–water partition coefficient (Wildman–Crippen LogP) is 4.05. The van der Waals surface area contributed by atoms with E-state index in [9.17, 15) is 4.79 Å². The van der Waals surface area contributed by atoms with Crippen LogP contribution in [0.2, 0.25) is 0 Å². The van der Waals surface area contributed by atoms with Crippen LogP contribution in [0.25, 0.3) is 0 Å². The van der Waals surface area contributed by atoms with Gasteiger partial charge in [0.15, 0.2) is 0 Å². The SMILES string of the molecule is Cc1cc(C)cc(NC(=O)[C@H](C)c2ccccc2)c1. The van der Waals surface area contributed by atoms with Crippen molar-refractivity contribution in [2.75, 3.05) is 5.32 Å². The molecule has 0 saturated heterocycles. The number of carbonyl (C=O) groups excluding carboxylic acids is 1. The van der Waals surface area contributed by atoms with Gasteiger partial charge in [-0.25, -0.2) is 0 Å². The first-order chi connectivity index (χ1) is 9.06. The third-order valence-corrected chi connectivity index (χ3v) is 3.18. The summed E-state index contributed by atoms with van der Waals surface area (Å²) in [5.41, 5.74) is 4.21. The molecule has 2 rings (SSSR count). The number of nitrogens with one attached hydrogen (secondary N) is 1. The van der Waals surface area contributed by atoms with E-state index in [4.69, 9.17) is 0 Å². The van der Waals surface area contributed by atoms with Gasteiger partial charge in [-0.15, -0.1) is 0 Å². The molecule has 19 heavy (non-hydrogen) atoms. The van der Waals surface area contributed by atoms with Gasteiger partial charge in [-0.1, -0.05) is 36.4 Å². The van der Waals surface area contributed by atoms with Crippen molar-refractivity contribution in [3.8, 4) is 0 Å². The van der Waals surface area contributed by atoms with Crippen molar-refractivity contribution in [2.24, 2.45) is 0 Å². The number of amides is 1. The van der Waals surface area contributed by atoms with Crippen LogP contribution >= 0.6 is 0 Å². The molecule has 0 saturated carbocycles. The Bertz CT molecular complexity index is 555. The predicted molar refractivity (Wildman–Crippen MR) is 79.4 cm³/mol. The van der Waals surface area contributed by atoms with Crippen molar-refractivity contribution < 1.29 is 4.79 Å². The Hall–Kier alpha value is -2.09. The highest BCUT2D eigenvalue weighted by Crippen LogP contribution is 2.19. The molecule has 0 bridgehead atoms. The molecule has 0 spiro atoms. The van der Waals surface area contributed by atoms with Gasteiger partial charge in [-0.05, 0) is 49.6 Å². The lowest BCUT2D eigenvalue weighted by atomic mass is 10.0. The summed E-state index contributed by atoms with van der Waals surface area (Å²) in [5.74, 6) is -0.127. The molecule has 1 amide bonds. The fraction of sp³-hybridized carbons (Fsp3) is 0.235. The highest BCUT2D eigenvalue weighted by molar-refractivity contribution is 5.95. The second-order valence-corrected chi connectivity index (χ2v) is 5.00. The Labute approximate surface area is 114 Å². The monoisotopic (exact) mass is 253 g/mol. The van der Waals surface area contributed by atoms with Gasteiger partial charge in [-0.2, -0.15) is 0 Å². The minimum absolute atomic E-state index is 0.0243. The van der Waals surface area contributed by atoms with Crippen LogP contribution in [0.1, 0.15) is 29.5 Å². The molecule has 2 heteroatoms. The summed E-state index contributed by atoms with van der Waals surface area (Å²) in [6, 6.07) is 15.9. The number of carbonyl (C=O) groups is 1. The van der Waals surface area contributed by atoms with E-state index in [1.54, 1.807) is 0 Å². The number of hydrogen-bond donors (Lipinski definition) is 1. The summed E-state index contributed by atoms with van der Waals surface area (Å²) in [6.07, 6.45) is 0. The van der Waals surface area contributed by atoms with Gasteiger partial charge in [0, 0.05) is 5.69 Å². The quantitative estimate of drug-likeness (QED) is 0.878. The van der Waals surface area contributed by atoms with Crippen LogP contribution in [0, 0.1) is 13.8 Å². The first-order valence-electron chi connectivity index (χ1n) is 6.50. The molecule has 0 radical (unpaired) electrons. The molecule has 2 aromatic carbocycles. The van der Waals surface area contributed by atoms with Crippen LogP contribution in [0.4, 0.5) is 5.69 Å². The topological polar surface area (TPSA) is 29.1 Å². The lowest BCUT2D eigenvalue weighted by Gasteiger charge is -2.13. The molecule has 1 N–H and O–H groups in total. The first-order valence-corrected chi connectivity index (χ1v) is 6.50. The molecule has 0 unspecified atom stereocenters. The van der Waals surface area contributed by atoms with E-state index in [2.05, 4.69) is 11.4 Å². The second kappa shape index (κ2) is 5.70. The standard InChI is InChI=1S/C17H19NO/c1-12-9-13(2)11-16(10-12)18-17(19)14(3)15-7-5-4-6-8-15/h4-11,14H,1-3H3,(H,18,19)/t14-/m1/s1. The van der Waals surface area contributed by atoms with Crippen molar-refractivity contribution >= 4 is 11.6 Å². The zero-order valence-electron chi connectivity index (χ0n) is 11.6. The van der Waals surface area contributed by atoms with E-state index in [-0.39, 0.29) is 11.8 Å². The Morgan fingerprint density at radius 2 is 1.58 bits per heavy atom. The molecule has 0 aliphatic heterocycles. The van der Waals surface area contributed by atoms with E-state index < -0.39 is 0 Å². The minimum Gasteiger partial charge on any atom is -0.326 e. The van der Waals surface area contributed by atoms with E-state index in [0.29, 0.717) is 0 Å². The van der Waals surface area contributed by atoms with Crippen molar-refractivity contribution in [3.05, 3.63) is 65.2 Å². The number of anilines is 1. The third kappa shape index (κ3) is 3.44. The Balaban J connectivity index is 2.13. The zero-order chi connectivity index (χ0) is 13.8. The molecule has 0 heterocycles. The first kappa shape index (κ1) is 13.3. The molecule has 0 aliphatic carbocycles. The van der Waals surface area contributed by atoms with Gasteiger partial charge in [0.1, 0.15) is 0 Å². The number of hydrogen-bond acceptors (Lipinski definition) is 1. The molecule has 0 aromatic heterocycles. The molecule has 0 fully saturated rings. The molecular weight excluding hydrogens is 234 g/mol. The Kier molecular flexibility index (Phi) is 4.00. The van der Waals surface area contributed by atoms with Crippen LogP contribution in [0.5, 0.6) is 0 Å². The summed E-state index contributed by atoms with van der Waals surface area (Å²) in [4.78, 5) is 12.2. The van der Waals surface area contributed by atoms with Gasteiger partial charge >= 0.3 is 0 Å². The molecule has 0 aliphatic rings. The lowest BCUT2D eigenvalue weighted by molar-refractivity contribution is -0.117. The minimum atomic E-state index is -0.151. The van der Waals surface area contributed by atoms with Crippen LogP contribution in [-0.2, 0) is 4.79 Å². The van der Waals surface area contributed by atoms with E-state index in [1.165, 1.54) is 0 Å². The van der Waals surface area contributed by atoms with Crippen molar-refractivity contribution in [3.63, 3.8) is 0 Å². The second-order valence-electron chi connectivity index (χ2n) is 5.00. The van der Waals surface area contributed by atoms with Gasteiger partial charge in [-0.3, -0.25) is 4.79 Å². The normalized spacial score (nSPS) is 11.9. The van der Waals surface area contributed by atoms with Crippen LogP contribution < -0.4 is 5.32 Å². The Morgan fingerprint density at radius 3 is 2.16 bits per heavy atom. The highest BCUT2D eigenvalue weighted by atomic mass is 16.1. The number of aryl methyl sites for hydroxylation is 2. The van der Waals surface area contributed by atoms with Crippen molar-refractivity contribution in [1.29, 1.82) is 0 Å². The van der Waals surface area contributed by atoms with Gasteiger partial charge in [0.25, 0.3) is 0 Å². The van der Waals surface area contributed by atoms with Crippen LogP contribution in [-0.4, -0.2) is 5.91 Å².